The van der Waals surface area contributed by atoms with Crippen molar-refractivity contribution in [3.05, 3.63) is 48.2 Å². The van der Waals surface area contributed by atoms with Crippen LogP contribution >= 0.6 is 0 Å². The maximum Gasteiger partial charge on any atom is 0.289 e. The molecule has 0 saturated carbocycles. The summed E-state index contributed by atoms with van der Waals surface area (Å²) in [7, 11) is 4.70. The van der Waals surface area contributed by atoms with Crippen molar-refractivity contribution in [1.29, 1.82) is 0 Å². The van der Waals surface area contributed by atoms with Crippen LogP contribution in [0.4, 0.5) is 0 Å². The lowest BCUT2D eigenvalue weighted by atomic mass is 10.2. The summed E-state index contributed by atoms with van der Waals surface area (Å²) >= 11 is 0. The van der Waals surface area contributed by atoms with Gasteiger partial charge in [-0.05, 0) is 24.3 Å². The van der Waals surface area contributed by atoms with Gasteiger partial charge in [-0.2, -0.15) is 0 Å². The second kappa shape index (κ2) is 9.13. The molecule has 0 radical (unpaired) electrons. The van der Waals surface area contributed by atoms with Crippen LogP contribution in [0.3, 0.4) is 0 Å². The van der Waals surface area contributed by atoms with Gasteiger partial charge in [-0.1, -0.05) is 0 Å². The quantitative estimate of drug-likeness (QED) is 0.569. The Morgan fingerprint density at radius 2 is 1.74 bits per heavy atom. The number of aromatic nitrogens is 1. The lowest BCUT2D eigenvalue weighted by Gasteiger charge is -2.33. The first-order valence-electron chi connectivity index (χ1n) is 9.93. The molecule has 1 aliphatic heterocycles. The highest BCUT2D eigenvalue weighted by molar-refractivity contribution is 5.91. The molecule has 9 nitrogen and oxygen atoms in total. The number of methoxy groups -OCH3 is 3. The lowest BCUT2D eigenvalue weighted by molar-refractivity contribution is 0.0596. The van der Waals surface area contributed by atoms with Gasteiger partial charge in [0.25, 0.3) is 5.91 Å². The van der Waals surface area contributed by atoms with E-state index in [2.05, 4.69) is 9.88 Å². The van der Waals surface area contributed by atoms with Gasteiger partial charge in [0.05, 0.1) is 33.3 Å². The Hall–Kier alpha value is -3.46. The molecule has 2 aromatic heterocycles. The van der Waals surface area contributed by atoms with Crippen LogP contribution in [0.25, 0.3) is 11.5 Å². The molecule has 9 heteroatoms. The SMILES string of the molecule is COc1cc(-c2nc(CN3CCN(C(=O)c4ccco4)CC3)co2)cc(OC)c1OC. The molecular formula is C22H25N3O6. The van der Waals surface area contributed by atoms with Crippen molar-refractivity contribution in [2.24, 2.45) is 0 Å². The molecule has 31 heavy (non-hydrogen) atoms. The third kappa shape index (κ3) is 4.36. The predicted octanol–water partition coefficient (Wildman–Crippen LogP) is 2.92. The first-order chi connectivity index (χ1) is 15.1. The summed E-state index contributed by atoms with van der Waals surface area (Å²) in [6.07, 6.45) is 3.17. The zero-order chi connectivity index (χ0) is 21.8. The molecule has 1 aliphatic rings. The second-order valence-corrected chi connectivity index (χ2v) is 7.10. The van der Waals surface area contributed by atoms with Crippen LogP contribution in [-0.2, 0) is 6.54 Å². The summed E-state index contributed by atoms with van der Waals surface area (Å²) in [5, 5.41) is 0. The third-order valence-electron chi connectivity index (χ3n) is 5.24. The maximum atomic E-state index is 12.4. The zero-order valence-electron chi connectivity index (χ0n) is 17.8. The van der Waals surface area contributed by atoms with Gasteiger partial charge in [-0.15, -0.1) is 0 Å². The van der Waals surface area contributed by atoms with E-state index in [-0.39, 0.29) is 5.91 Å². The van der Waals surface area contributed by atoms with Crippen molar-refractivity contribution >= 4 is 5.91 Å². The van der Waals surface area contributed by atoms with Crippen molar-refractivity contribution in [2.75, 3.05) is 47.5 Å². The van der Waals surface area contributed by atoms with Crippen LogP contribution < -0.4 is 14.2 Å². The fraction of sp³-hybridized carbons (Fsp3) is 0.364. The van der Waals surface area contributed by atoms with Crippen LogP contribution in [0.2, 0.25) is 0 Å². The van der Waals surface area contributed by atoms with Gasteiger partial charge < -0.3 is 27.9 Å². The van der Waals surface area contributed by atoms with Gasteiger partial charge in [0.1, 0.15) is 6.26 Å². The molecule has 0 spiro atoms. The molecule has 3 heterocycles. The third-order valence-corrected chi connectivity index (χ3v) is 5.24. The van der Waals surface area contributed by atoms with Crippen LogP contribution in [0.5, 0.6) is 17.2 Å². The van der Waals surface area contributed by atoms with Crippen molar-refractivity contribution in [3.63, 3.8) is 0 Å². The average molecular weight is 427 g/mol. The van der Waals surface area contributed by atoms with Crippen molar-refractivity contribution < 1.29 is 27.8 Å². The topological polar surface area (TPSA) is 90.4 Å². The highest BCUT2D eigenvalue weighted by Gasteiger charge is 2.24. The fourth-order valence-electron chi connectivity index (χ4n) is 3.61. The molecule has 4 rings (SSSR count). The Bertz CT molecular complexity index is 997. The average Bonchev–Trinajstić information content (AvgIpc) is 3.50. The number of furan rings is 1. The number of amides is 1. The van der Waals surface area contributed by atoms with E-state index in [9.17, 15) is 4.79 Å². The number of carbonyl (C=O) groups is 1. The Kier molecular flexibility index (Phi) is 6.13. The number of ether oxygens (including phenoxy) is 3. The van der Waals surface area contributed by atoms with Gasteiger partial charge in [0.15, 0.2) is 17.3 Å². The Labute approximate surface area is 180 Å². The second-order valence-electron chi connectivity index (χ2n) is 7.10. The maximum absolute atomic E-state index is 12.4. The molecule has 164 valence electrons. The first-order valence-corrected chi connectivity index (χ1v) is 9.93. The molecular weight excluding hydrogens is 402 g/mol. The summed E-state index contributed by atoms with van der Waals surface area (Å²) in [6, 6.07) is 7.01. The number of hydrogen-bond acceptors (Lipinski definition) is 8. The van der Waals surface area contributed by atoms with Gasteiger partial charge >= 0.3 is 0 Å². The molecule has 0 atom stereocenters. The van der Waals surface area contributed by atoms with E-state index >= 15 is 0 Å². The normalized spacial score (nSPS) is 14.5. The first kappa shape index (κ1) is 20.8. The molecule has 0 N–H and O–H groups in total. The van der Waals surface area contributed by atoms with Gasteiger partial charge in [-0.3, -0.25) is 9.69 Å². The van der Waals surface area contributed by atoms with E-state index in [1.54, 1.807) is 56.8 Å². The van der Waals surface area contributed by atoms with Crippen molar-refractivity contribution in [3.8, 4) is 28.7 Å². The number of nitrogens with zero attached hydrogens (tertiary/aromatic N) is 3. The standard InChI is InChI=1S/C22H25N3O6/c1-27-18-11-15(12-19(28-2)20(18)29-3)21-23-16(14-31-21)13-24-6-8-25(9-7-24)22(26)17-5-4-10-30-17/h4-5,10-12,14H,6-9,13H2,1-3H3. The largest absolute Gasteiger partial charge is 0.493 e. The van der Waals surface area contributed by atoms with E-state index < -0.39 is 0 Å². The minimum atomic E-state index is -0.0734. The molecule has 1 aromatic carbocycles. The van der Waals surface area contributed by atoms with Crippen LogP contribution in [-0.4, -0.2) is 68.2 Å². The monoisotopic (exact) mass is 427 g/mol. The highest BCUT2D eigenvalue weighted by atomic mass is 16.5. The van der Waals surface area contributed by atoms with Gasteiger partial charge in [0.2, 0.25) is 11.6 Å². The molecule has 0 unspecified atom stereocenters. The van der Waals surface area contributed by atoms with Gasteiger partial charge in [0, 0.05) is 38.3 Å². The number of hydrogen-bond donors (Lipinski definition) is 0. The van der Waals surface area contributed by atoms with Crippen LogP contribution in [0.15, 0.2) is 45.6 Å². The van der Waals surface area contributed by atoms with Crippen molar-refractivity contribution in [1.82, 2.24) is 14.8 Å². The molecule has 0 aliphatic carbocycles. The molecule has 3 aromatic rings. The molecule has 1 amide bonds. The van der Waals surface area contributed by atoms with E-state index in [0.717, 1.165) is 24.3 Å². The lowest BCUT2D eigenvalue weighted by Crippen LogP contribution is -2.48. The molecule has 1 saturated heterocycles. The highest BCUT2D eigenvalue weighted by Crippen LogP contribution is 2.41. The van der Waals surface area contributed by atoms with Crippen molar-refractivity contribution in [2.45, 2.75) is 6.54 Å². The summed E-state index contributed by atoms with van der Waals surface area (Å²) in [6.45, 7) is 3.41. The van der Waals surface area contributed by atoms with E-state index in [0.29, 0.717) is 48.5 Å². The fourth-order valence-corrected chi connectivity index (χ4v) is 3.61. The van der Waals surface area contributed by atoms with Gasteiger partial charge in [-0.25, -0.2) is 4.98 Å². The number of oxazole rings is 1. The molecule has 1 fully saturated rings. The number of benzene rings is 1. The van der Waals surface area contributed by atoms with E-state index in [1.807, 2.05) is 0 Å². The van der Waals surface area contributed by atoms with Crippen LogP contribution in [0.1, 0.15) is 16.2 Å². The summed E-state index contributed by atoms with van der Waals surface area (Å²) in [5.41, 5.74) is 1.55. The Morgan fingerprint density at radius 1 is 1.03 bits per heavy atom. The predicted molar refractivity (Wildman–Crippen MR) is 111 cm³/mol. The smallest absolute Gasteiger partial charge is 0.289 e. The molecule has 0 bridgehead atoms. The summed E-state index contributed by atoms with van der Waals surface area (Å²) in [5.74, 6) is 2.36. The number of rotatable bonds is 7. The summed E-state index contributed by atoms with van der Waals surface area (Å²) in [4.78, 5) is 21.1. The Morgan fingerprint density at radius 3 is 2.32 bits per heavy atom. The zero-order valence-corrected chi connectivity index (χ0v) is 17.8. The Balaban J connectivity index is 1.41. The van der Waals surface area contributed by atoms with E-state index in [4.69, 9.17) is 23.0 Å². The summed E-state index contributed by atoms with van der Waals surface area (Å²) < 4.78 is 27.1. The number of piperazine rings is 1. The number of carbonyl (C=O) groups excluding carboxylic acids is 1. The van der Waals surface area contributed by atoms with Crippen LogP contribution in [0, 0.1) is 0 Å². The minimum absolute atomic E-state index is 0.0734. The van der Waals surface area contributed by atoms with E-state index in [1.165, 1.54) is 6.26 Å². The minimum Gasteiger partial charge on any atom is -0.493 e.